The Hall–Kier alpha value is -2.97. The maximum atomic E-state index is 13.6. The summed E-state index contributed by atoms with van der Waals surface area (Å²) in [5.74, 6) is 0.518. The smallest absolute Gasteiger partial charge is 0.196 e. The number of thioether (sulfide) groups is 1. The Balaban J connectivity index is 1.61. The number of methoxy groups -OCH3 is 1. The number of Topliss-reactive ketones (excluding diaryl/α,β-unsaturated/α-hetero) is 1. The van der Waals surface area contributed by atoms with E-state index in [1.807, 2.05) is 46.3 Å². The summed E-state index contributed by atoms with van der Waals surface area (Å²) >= 11 is 2.93. The zero-order chi connectivity index (χ0) is 20.9. The van der Waals surface area contributed by atoms with Crippen LogP contribution in [-0.4, -0.2) is 33.4 Å². The van der Waals surface area contributed by atoms with E-state index in [2.05, 4.69) is 16.3 Å². The zero-order valence-electron chi connectivity index (χ0n) is 16.1. The van der Waals surface area contributed by atoms with Crippen molar-refractivity contribution in [1.82, 2.24) is 14.8 Å². The lowest BCUT2D eigenvalue weighted by Gasteiger charge is -2.10. The van der Waals surface area contributed by atoms with Crippen molar-refractivity contribution in [2.45, 2.75) is 11.6 Å². The number of rotatable bonds is 8. The summed E-state index contributed by atoms with van der Waals surface area (Å²) in [5.41, 5.74) is 1.14. The van der Waals surface area contributed by atoms with Crippen LogP contribution in [0, 0.1) is 5.82 Å². The number of para-hydroxylation sites is 1. The molecule has 0 radical (unpaired) electrons. The molecule has 0 atom stereocenters. The van der Waals surface area contributed by atoms with Gasteiger partial charge in [-0.1, -0.05) is 36.0 Å². The highest BCUT2D eigenvalue weighted by Crippen LogP contribution is 2.27. The molecule has 152 valence electrons. The molecule has 0 fully saturated rings. The molecule has 0 N–H and O–H groups in total. The van der Waals surface area contributed by atoms with Crippen LogP contribution in [0.1, 0.15) is 21.1 Å². The molecule has 30 heavy (non-hydrogen) atoms. The lowest BCUT2D eigenvalue weighted by atomic mass is 10.1. The Morgan fingerprint density at radius 1 is 1.13 bits per heavy atom. The summed E-state index contributed by atoms with van der Waals surface area (Å²) in [4.78, 5) is 13.9. The van der Waals surface area contributed by atoms with Gasteiger partial charge in [-0.25, -0.2) is 4.39 Å². The molecule has 0 aliphatic heterocycles. The highest BCUT2D eigenvalue weighted by atomic mass is 32.2. The van der Waals surface area contributed by atoms with Crippen molar-refractivity contribution in [2.75, 3.05) is 12.9 Å². The number of hydrogen-bond donors (Lipinski definition) is 0. The number of hydrogen-bond acceptors (Lipinski definition) is 6. The van der Waals surface area contributed by atoms with Crippen LogP contribution < -0.4 is 4.74 Å². The lowest BCUT2D eigenvalue weighted by Crippen LogP contribution is -2.08. The van der Waals surface area contributed by atoms with Gasteiger partial charge in [0.25, 0.3) is 0 Å². The molecule has 0 unspecified atom stereocenters. The Morgan fingerprint density at radius 3 is 2.70 bits per heavy atom. The minimum absolute atomic E-state index is 0.0871. The van der Waals surface area contributed by atoms with Crippen LogP contribution in [0.4, 0.5) is 4.39 Å². The van der Waals surface area contributed by atoms with Crippen molar-refractivity contribution >= 4 is 28.9 Å². The van der Waals surface area contributed by atoms with Crippen molar-refractivity contribution in [3.8, 4) is 11.4 Å². The second-order valence-electron chi connectivity index (χ2n) is 6.38. The third-order valence-electron chi connectivity index (χ3n) is 4.42. The monoisotopic (exact) mass is 439 g/mol. The molecule has 2 heterocycles. The van der Waals surface area contributed by atoms with Crippen LogP contribution >= 0.6 is 23.1 Å². The predicted molar refractivity (Wildman–Crippen MR) is 116 cm³/mol. The molecule has 0 aliphatic rings. The molecule has 0 spiro atoms. The van der Waals surface area contributed by atoms with E-state index in [1.165, 1.54) is 41.9 Å². The number of ketones is 1. The first-order valence-electron chi connectivity index (χ1n) is 9.17. The fourth-order valence-corrected chi connectivity index (χ4v) is 4.58. The van der Waals surface area contributed by atoms with E-state index in [9.17, 15) is 9.18 Å². The molecule has 0 saturated carbocycles. The van der Waals surface area contributed by atoms with Crippen molar-refractivity contribution in [3.05, 3.63) is 88.1 Å². The number of aromatic nitrogens is 3. The molecule has 0 bridgehead atoms. The van der Waals surface area contributed by atoms with Gasteiger partial charge in [0.1, 0.15) is 17.4 Å². The molecular formula is C22H18FN3O2S2. The van der Waals surface area contributed by atoms with E-state index in [4.69, 9.17) is 4.74 Å². The van der Waals surface area contributed by atoms with Crippen LogP contribution in [0.2, 0.25) is 0 Å². The number of carbonyl (C=O) groups is 1. The Bertz CT molecular complexity index is 1140. The van der Waals surface area contributed by atoms with E-state index < -0.39 is 5.82 Å². The Kier molecular flexibility index (Phi) is 6.25. The maximum Gasteiger partial charge on any atom is 0.196 e. The molecule has 5 nitrogen and oxygen atoms in total. The first-order chi connectivity index (χ1) is 14.7. The summed E-state index contributed by atoms with van der Waals surface area (Å²) in [6.45, 7) is 0. The van der Waals surface area contributed by atoms with E-state index >= 15 is 0 Å². The topological polar surface area (TPSA) is 57.0 Å². The quantitative estimate of drug-likeness (QED) is 0.284. The normalized spacial score (nSPS) is 10.9. The van der Waals surface area contributed by atoms with Crippen LogP contribution in [0.15, 0.2) is 71.2 Å². The van der Waals surface area contributed by atoms with Crippen molar-refractivity contribution in [3.63, 3.8) is 0 Å². The van der Waals surface area contributed by atoms with Crippen LogP contribution in [-0.2, 0) is 6.42 Å². The fraction of sp³-hybridized carbons (Fsp3) is 0.136. The average molecular weight is 440 g/mol. The summed E-state index contributed by atoms with van der Waals surface area (Å²) in [5, 5.41) is 11.3. The average Bonchev–Trinajstić information content (AvgIpc) is 3.43. The van der Waals surface area contributed by atoms with E-state index in [0.717, 1.165) is 11.5 Å². The molecule has 2 aromatic heterocycles. The summed E-state index contributed by atoms with van der Waals surface area (Å²) in [6.07, 6.45) is 0.645. The van der Waals surface area contributed by atoms with Crippen molar-refractivity contribution < 1.29 is 13.9 Å². The standard InChI is InChI=1S/C22H18FN3O2S2/c1-28-20-10-9-15(23)12-18(20)19(27)14-30-22-25-24-21(13-17-8-5-11-29-17)26(22)16-6-3-2-4-7-16/h2-12H,13-14H2,1H3. The first-order valence-corrected chi connectivity index (χ1v) is 11.0. The largest absolute Gasteiger partial charge is 0.496 e. The van der Waals surface area contributed by atoms with Crippen LogP contribution in [0.25, 0.3) is 5.69 Å². The van der Waals surface area contributed by atoms with Gasteiger partial charge in [0, 0.05) is 17.0 Å². The highest BCUT2D eigenvalue weighted by Gasteiger charge is 2.19. The van der Waals surface area contributed by atoms with Gasteiger partial charge in [0.15, 0.2) is 10.9 Å². The Labute approximate surface area is 181 Å². The zero-order valence-corrected chi connectivity index (χ0v) is 17.8. The number of carbonyl (C=O) groups excluding carboxylic acids is 1. The second kappa shape index (κ2) is 9.23. The lowest BCUT2D eigenvalue weighted by molar-refractivity contribution is 0.101. The minimum atomic E-state index is -0.477. The second-order valence-corrected chi connectivity index (χ2v) is 8.36. The van der Waals surface area contributed by atoms with Crippen molar-refractivity contribution in [1.29, 1.82) is 0 Å². The van der Waals surface area contributed by atoms with Gasteiger partial charge in [-0.3, -0.25) is 9.36 Å². The third-order valence-corrected chi connectivity index (χ3v) is 6.23. The molecule has 0 amide bonds. The molecule has 8 heteroatoms. The van der Waals surface area contributed by atoms with Crippen LogP contribution in [0.3, 0.4) is 0 Å². The molecule has 0 aliphatic carbocycles. The summed E-state index contributed by atoms with van der Waals surface area (Å²) in [7, 11) is 1.46. The molecule has 4 aromatic rings. The number of ether oxygens (including phenoxy) is 1. The van der Waals surface area contributed by atoms with E-state index in [-0.39, 0.29) is 17.1 Å². The minimum Gasteiger partial charge on any atom is -0.496 e. The van der Waals surface area contributed by atoms with Gasteiger partial charge in [-0.2, -0.15) is 0 Å². The van der Waals surface area contributed by atoms with Gasteiger partial charge >= 0.3 is 0 Å². The van der Waals surface area contributed by atoms with Crippen LogP contribution in [0.5, 0.6) is 5.75 Å². The molecular weight excluding hydrogens is 421 g/mol. The summed E-state index contributed by atoms with van der Waals surface area (Å²) < 4.78 is 20.8. The van der Waals surface area contributed by atoms with Gasteiger partial charge in [0.2, 0.25) is 0 Å². The highest BCUT2D eigenvalue weighted by molar-refractivity contribution is 7.99. The van der Waals surface area contributed by atoms with E-state index in [0.29, 0.717) is 17.3 Å². The van der Waals surface area contributed by atoms with Gasteiger partial charge < -0.3 is 4.74 Å². The fourth-order valence-electron chi connectivity index (χ4n) is 3.02. The molecule has 2 aromatic carbocycles. The molecule has 4 rings (SSSR count). The summed E-state index contributed by atoms with van der Waals surface area (Å²) in [6, 6.07) is 17.8. The first kappa shape index (κ1) is 20.3. The number of benzene rings is 2. The molecule has 0 saturated heterocycles. The number of thiophene rings is 1. The van der Waals surface area contributed by atoms with E-state index in [1.54, 1.807) is 11.3 Å². The number of nitrogens with zero attached hydrogens (tertiary/aromatic N) is 3. The maximum absolute atomic E-state index is 13.6. The van der Waals surface area contributed by atoms with Gasteiger partial charge in [-0.05, 0) is 41.8 Å². The van der Waals surface area contributed by atoms with Gasteiger partial charge in [0.05, 0.1) is 18.4 Å². The number of halogens is 1. The third kappa shape index (κ3) is 4.44. The van der Waals surface area contributed by atoms with Gasteiger partial charge in [-0.15, -0.1) is 21.5 Å². The van der Waals surface area contributed by atoms with Crippen molar-refractivity contribution in [2.24, 2.45) is 0 Å². The Morgan fingerprint density at radius 2 is 1.97 bits per heavy atom. The predicted octanol–water partition coefficient (Wildman–Crippen LogP) is 5.04. The SMILES string of the molecule is COc1ccc(F)cc1C(=O)CSc1nnc(Cc2cccs2)n1-c1ccccc1.